The van der Waals surface area contributed by atoms with Crippen LogP contribution in [0.4, 0.5) is 5.69 Å². The van der Waals surface area contributed by atoms with Crippen LogP contribution < -0.4 is 5.32 Å². The number of imide groups is 1. The molecule has 0 aromatic heterocycles. The van der Waals surface area contributed by atoms with E-state index in [1.807, 2.05) is 0 Å². The molecule has 0 atom stereocenters. The summed E-state index contributed by atoms with van der Waals surface area (Å²) in [6.07, 6.45) is 1.44. The first kappa shape index (κ1) is 20.3. The number of nitrogens with zero attached hydrogens (tertiary/aromatic N) is 1. The zero-order valence-electron chi connectivity index (χ0n) is 15.5. The monoisotopic (exact) mass is 412 g/mol. The van der Waals surface area contributed by atoms with Crippen molar-refractivity contribution in [2.24, 2.45) is 0 Å². The number of carbonyl (C=O) groups is 4. The molecule has 8 heteroatoms. The normalized spacial score (nSPS) is 12.6. The number of carbonyl (C=O) groups excluding carboxylic acids is 4. The van der Waals surface area contributed by atoms with E-state index in [9.17, 15) is 19.2 Å². The van der Waals surface area contributed by atoms with Gasteiger partial charge in [0.25, 0.3) is 17.7 Å². The standard InChI is InChI=1S/C21H17ClN2O5/c1-3-9-24-19(26)14-8-7-13(10-15(14)20(24)27)21(28)29-11-18(25)23-17-6-4-5-16(22)12(17)2/h3-8,10H,1,9,11H2,2H3,(H,23,25). The van der Waals surface area contributed by atoms with Crippen LogP contribution in [0.2, 0.25) is 5.02 Å². The van der Waals surface area contributed by atoms with Crippen molar-refractivity contribution in [1.29, 1.82) is 0 Å². The fourth-order valence-corrected chi connectivity index (χ4v) is 3.03. The number of ether oxygens (including phenoxy) is 1. The lowest BCUT2D eigenvalue weighted by molar-refractivity contribution is -0.119. The van der Waals surface area contributed by atoms with Crippen LogP contribution in [-0.2, 0) is 9.53 Å². The van der Waals surface area contributed by atoms with Crippen LogP contribution in [-0.4, -0.2) is 41.7 Å². The largest absolute Gasteiger partial charge is 0.452 e. The summed E-state index contributed by atoms with van der Waals surface area (Å²) in [4.78, 5) is 49.9. The van der Waals surface area contributed by atoms with Gasteiger partial charge in [0.05, 0.1) is 16.7 Å². The molecule has 0 aliphatic carbocycles. The van der Waals surface area contributed by atoms with Crippen molar-refractivity contribution in [1.82, 2.24) is 4.90 Å². The van der Waals surface area contributed by atoms with Crippen molar-refractivity contribution >= 4 is 41.0 Å². The number of hydrogen-bond donors (Lipinski definition) is 1. The molecule has 0 radical (unpaired) electrons. The fourth-order valence-electron chi connectivity index (χ4n) is 2.86. The van der Waals surface area contributed by atoms with Gasteiger partial charge < -0.3 is 10.1 Å². The van der Waals surface area contributed by atoms with Gasteiger partial charge in [0.1, 0.15) is 0 Å². The Morgan fingerprint density at radius 1 is 1.17 bits per heavy atom. The van der Waals surface area contributed by atoms with Gasteiger partial charge >= 0.3 is 5.97 Å². The lowest BCUT2D eigenvalue weighted by Crippen LogP contribution is -2.29. The number of fused-ring (bicyclic) bond motifs is 1. The molecule has 0 fully saturated rings. The number of rotatable bonds is 6. The Morgan fingerprint density at radius 2 is 1.90 bits per heavy atom. The van der Waals surface area contributed by atoms with Crippen LogP contribution in [0.25, 0.3) is 0 Å². The second-order valence-electron chi connectivity index (χ2n) is 6.31. The number of esters is 1. The minimum Gasteiger partial charge on any atom is -0.452 e. The average Bonchev–Trinajstić information content (AvgIpc) is 2.94. The summed E-state index contributed by atoms with van der Waals surface area (Å²) >= 11 is 6.01. The Morgan fingerprint density at radius 3 is 2.62 bits per heavy atom. The Bertz CT molecular complexity index is 1050. The molecular weight excluding hydrogens is 396 g/mol. The van der Waals surface area contributed by atoms with Crippen molar-refractivity contribution in [3.63, 3.8) is 0 Å². The van der Waals surface area contributed by atoms with Crippen molar-refractivity contribution in [2.45, 2.75) is 6.92 Å². The van der Waals surface area contributed by atoms with E-state index in [0.29, 0.717) is 16.3 Å². The zero-order chi connectivity index (χ0) is 21.1. The van der Waals surface area contributed by atoms with Gasteiger partial charge in [-0.3, -0.25) is 19.3 Å². The van der Waals surface area contributed by atoms with Crippen LogP contribution in [0.5, 0.6) is 0 Å². The lowest BCUT2D eigenvalue weighted by atomic mass is 10.1. The van der Waals surface area contributed by atoms with Gasteiger partial charge in [-0.1, -0.05) is 23.7 Å². The van der Waals surface area contributed by atoms with Crippen LogP contribution in [0.3, 0.4) is 0 Å². The summed E-state index contributed by atoms with van der Waals surface area (Å²) in [6, 6.07) is 9.13. The van der Waals surface area contributed by atoms with Crippen molar-refractivity contribution in [3.8, 4) is 0 Å². The van der Waals surface area contributed by atoms with Crippen LogP contribution in [0.15, 0.2) is 49.1 Å². The molecule has 3 amide bonds. The highest BCUT2D eigenvalue weighted by molar-refractivity contribution is 6.31. The molecule has 148 valence electrons. The molecule has 0 saturated heterocycles. The predicted octanol–water partition coefficient (Wildman–Crippen LogP) is 3.23. The number of nitrogens with one attached hydrogen (secondary N) is 1. The minimum atomic E-state index is -0.784. The van der Waals surface area contributed by atoms with E-state index in [-0.39, 0.29) is 23.2 Å². The second-order valence-corrected chi connectivity index (χ2v) is 6.71. The van der Waals surface area contributed by atoms with E-state index in [0.717, 1.165) is 4.90 Å². The Hall–Kier alpha value is -3.45. The van der Waals surface area contributed by atoms with Gasteiger partial charge in [0, 0.05) is 17.3 Å². The molecule has 1 heterocycles. The lowest BCUT2D eigenvalue weighted by Gasteiger charge is -2.10. The van der Waals surface area contributed by atoms with E-state index in [1.165, 1.54) is 24.3 Å². The molecule has 7 nitrogen and oxygen atoms in total. The van der Waals surface area contributed by atoms with Crippen LogP contribution in [0, 0.1) is 6.92 Å². The van der Waals surface area contributed by atoms with E-state index < -0.39 is 30.3 Å². The summed E-state index contributed by atoms with van der Waals surface area (Å²) in [6.45, 7) is 4.83. The fraction of sp³-hybridized carbons (Fsp3) is 0.143. The highest BCUT2D eigenvalue weighted by Gasteiger charge is 2.35. The summed E-state index contributed by atoms with van der Waals surface area (Å²) in [7, 11) is 0. The molecule has 0 spiro atoms. The average molecular weight is 413 g/mol. The molecule has 2 aromatic rings. The third-order valence-electron chi connectivity index (χ3n) is 4.39. The molecule has 0 bridgehead atoms. The van der Waals surface area contributed by atoms with Crippen LogP contribution >= 0.6 is 11.6 Å². The smallest absolute Gasteiger partial charge is 0.338 e. The van der Waals surface area contributed by atoms with Gasteiger partial charge in [0.2, 0.25) is 0 Å². The van der Waals surface area contributed by atoms with Gasteiger partial charge in [-0.2, -0.15) is 0 Å². The number of amides is 3. The quantitative estimate of drug-likeness (QED) is 0.446. The SMILES string of the molecule is C=CCN1C(=O)c2ccc(C(=O)OCC(=O)Nc3cccc(Cl)c3C)cc2C1=O. The van der Waals surface area contributed by atoms with Crippen molar-refractivity contribution < 1.29 is 23.9 Å². The Kier molecular flexibility index (Phi) is 5.79. The maximum absolute atomic E-state index is 12.3. The zero-order valence-corrected chi connectivity index (χ0v) is 16.3. The molecule has 0 unspecified atom stereocenters. The first-order chi connectivity index (χ1) is 13.8. The summed E-state index contributed by atoms with van der Waals surface area (Å²) in [5.74, 6) is -2.27. The van der Waals surface area contributed by atoms with E-state index in [1.54, 1.807) is 25.1 Å². The van der Waals surface area contributed by atoms with Crippen molar-refractivity contribution in [3.05, 3.63) is 76.3 Å². The van der Waals surface area contributed by atoms with Gasteiger partial charge in [-0.05, 0) is 42.8 Å². The molecule has 3 rings (SSSR count). The highest BCUT2D eigenvalue weighted by atomic mass is 35.5. The maximum Gasteiger partial charge on any atom is 0.338 e. The number of benzene rings is 2. The first-order valence-corrected chi connectivity index (χ1v) is 9.04. The van der Waals surface area contributed by atoms with Gasteiger partial charge in [-0.25, -0.2) is 4.79 Å². The highest BCUT2D eigenvalue weighted by Crippen LogP contribution is 2.25. The van der Waals surface area contributed by atoms with Crippen LogP contribution in [0.1, 0.15) is 36.6 Å². The number of halogens is 1. The molecule has 2 aromatic carbocycles. The van der Waals surface area contributed by atoms with Gasteiger partial charge in [0.15, 0.2) is 6.61 Å². The maximum atomic E-state index is 12.3. The third-order valence-corrected chi connectivity index (χ3v) is 4.80. The summed E-state index contributed by atoms with van der Waals surface area (Å²) in [5, 5.41) is 3.12. The van der Waals surface area contributed by atoms with E-state index in [2.05, 4.69) is 11.9 Å². The first-order valence-electron chi connectivity index (χ1n) is 8.66. The van der Waals surface area contributed by atoms with E-state index >= 15 is 0 Å². The summed E-state index contributed by atoms with van der Waals surface area (Å²) in [5.41, 5.74) is 1.60. The molecule has 0 saturated carbocycles. The Labute approximate surface area is 171 Å². The topological polar surface area (TPSA) is 92.8 Å². The summed E-state index contributed by atoms with van der Waals surface area (Å²) < 4.78 is 5.02. The molecule has 1 N–H and O–H groups in total. The molecule has 1 aliphatic rings. The number of anilines is 1. The molecular formula is C21H17ClN2O5. The van der Waals surface area contributed by atoms with E-state index in [4.69, 9.17) is 16.3 Å². The third kappa shape index (κ3) is 4.05. The second kappa shape index (κ2) is 8.28. The molecule has 29 heavy (non-hydrogen) atoms. The minimum absolute atomic E-state index is 0.0667. The predicted molar refractivity (Wildman–Crippen MR) is 107 cm³/mol. The number of hydrogen-bond acceptors (Lipinski definition) is 5. The molecule has 1 aliphatic heterocycles. The van der Waals surface area contributed by atoms with Gasteiger partial charge in [-0.15, -0.1) is 6.58 Å². The Balaban J connectivity index is 1.66. The van der Waals surface area contributed by atoms with Crippen molar-refractivity contribution in [2.75, 3.05) is 18.5 Å².